The number of carbonyl (C=O) groups excluding carboxylic acids is 1. The molecule has 0 aromatic heterocycles. The van der Waals surface area contributed by atoms with Crippen LogP contribution in [0.4, 0.5) is 0 Å². The lowest BCUT2D eigenvalue weighted by Gasteiger charge is -2.33. The third-order valence-electron chi connectivity index (χ3n) is 5.70. The van der Waals surface area contributed by atoms with Gasteiger partial charge in [-0.3, -0.25) is 4.79 Å². The van der Waals surface area contributed by atoms with Gasteiger partial charge < -0.3 is 9.64 Å². The van der Waals surface area contributed by atoms with E-state index in [0.29, 0.717) is 42.6 Å². The highest BCUT2D eigenvalue weighted by atomic mass is 35.5. The Balaban J connectivity index is 1.81. The van der Waals surface area contributed by atoms with Crippen molar-refractivity contribution in [3.8, 4) is 5.75 Å². The molecule has 0 spiro atoms. The van der Waals surface area contributed by atoms with Crippen molar-refractivity contribution >= 4 is 27.5 Å². The van der Waals surface area contributed by atoms with Gasteiger partial charge in [0.05, 0.1) is 12.0 Å². The number of amides is 1. The van der Waals surface area contributed by atoms with Crippen LogP contribution in [-0.2, 0) is 21.2 Å². The van der Waals surface area contributed by atoms with E-state index in [2.05, 4.69) is 11.6 Å². The molecule has 1 saturated heterocycles. The molecular weight excluding hydrogens is 436 g/mol. The van der Waals surface area contributed by atoms with Gasteiger partial charge in [-0.2, -0.15) is 4.72 Å². The number of halogens is 1. The highest BCUT2D eigenvalue weighted by molar-refractivity contribution is 7.89. The molecule has 31 heavy (non-hydrogen) atoms. The first-order chi connectivity index (χ1) is 14.8. The molecule has 1 aliphatic rings. The van der Waals surface area contributed by atoms with E-state index >= 15 is 0 Å². The summed E-state index contributed by atoms with van der Waals surface area (Å²) in [6.45, 7) is 3.45. The number of piperidine rings is 1. The molecule has 1 fully saturated rings. The van der Waals surface area contributed by atoms with Gasteiger partial charge in [0, 0.05) is 24.2 Å². The predicted octanol–water partition coefficient (Wildman–Crippen LogP) is 3.89. The second-order valence-corrected chi connectivity index (χ2v) is 10.1. The van der Waals surface area contributed by atoms with Crippen LogP contribution >= 0.6 is 11.6 Å². The van der Waals surface area contributed by atoms with Gasteiger partial charge in [0.25, 0.3) is 0 Å². The highest BCUT2D eigenvalue weighted by Gasteiger charge is 2.31. The molecule has 2 aromatic carbocycles. The summed E-state index contributed by atoms with van der Waals surface area (Å²) in [6.07, 6.45) is 2.65. The Morgan fingerprint density at radius 2 is 1.90 bits per heavy atom. The van der Waals surface area contributed by atoms with E-state index < -0.39 is 16.1 Å². The number of hydrogen-bond donors (Lipinski definition) is 1. The first-order valence-corrected chi connectivity index (χ1v) is 12.3. The molecule has 1 heterocycles. The fraction of sp³-hybridized carbons (Fsp3) is 0.435. The van der Waals surface area contributed by atoms with E-state index in [1.807, 2.05) is 18.2 Å². The molecule has 1 aliphatic heterocycles. The Bertz CT molecular complexity index is 1000. The Morgan fingerprint density at radius 1 is 1.19 bits per heavy atom. The van der Waals surface area contributed by atoms with Crippen LogP contribution < -0.4 is 9.46 Å². The van der Waals surface area contributed by atoms with Crippen molar-refractivity contribution in [3.63, 3.8) is 0 Å². The number of aryl methyl sites for hydroxylation is 1. The molecule has 0 saturated carbocycles. The number of methoxy groups -OCH3 is 1. The highest BCUT2D eigenvalue weighted by Crippen LogP contribution is 2.22. The van der Waals surface area contributed by atoms with Crippen molar-refractivity contribution < 1.29 is 17.9 Å². The number of carbonyl (C=O) groups is 1. The first-order valence-electron chi connectivity index (χ1n) is 10.5. The molecular formula is C23H29ClN2O4S. The normalized spacial score (nSPS) is 16.2. The topological polar surface area (TPSA) is 75.7 Å². The van der Waals surface area contributed by atoms with Crippen LogP contribution in [0.25, 0.3) is 0 Å². The summed E-state index contributed by atoms with van der Waals surface area (Å²) in [4.78, 5) is 15.1. The van der Waals surface area contributed by atoms with Gasteiger partial charge in [0.1, 0.15) is 11.8 Å². The standard InChI is InChI=1S/C23H29ClN2O4S/c1-17-12-14-26(15-13-17)23(27)22(11-10-18-6-3-4-9-21(18)24)25-31(28,29)20-8-5-7-19(16-20)30-2/h3-9,16-17,22,25H,10-15H2,1-2H3. The summed E-state index contributed by atoms with van der Waals surface area (Å²) in [5.41, 5.74) is 0.884. The summed E-state index contributed by atoms with van der Waals surface area (Å²) >= 11 is 6.27. The number of nitrogens with zero attached hydrogens (tertiary/aromatic N) is 1. The van der Waals surface area contributed by atoms with Gasteiger partial charge in [-0.05, 0) is 55.4 Å². The molecule has 1 amide bonds. The lowest BCUT2D eigenvalue weighted by Crippen LogP contribution is -2.50. The summed E-state index contributed by atoms with van der Waals surface area (Å²) in [5, 5.41) is 0.608. The van der Waals surface area contributed by atoms with E-state index in [-0.39, 0.29) is 10.8 Å². The number of rotatable bonds is 8. The van der Waals surface area contributed by atoms with Gasteiger partial charge in [0.2, 0.25) is 15.9 Å². The molecule has 6 nitrogen and oxygen atoms in total. The van der Waals surface area contributed by atoms with Crippen LogP contribution in [0.1, 0.15) is 31.7 Å². The number of likely N-dealkylation sites (tertiary alicyclic amines) is 1. The van der Waals surface area contributed by atoms with Gasteiger partial charge >= 0.3 is 0 Å². The summed E-state index contributed by atoms with van der Waals surface area (Å²) in [6, 6.07) is 12.8. The zero-order valence-corrected chi connectivity index (χ0v) is 19.5. The van der Waals surface area contributed by atoms with E-state index in [1.165, 1.54) is 19.2 Å². The predicted molar refractivity (Wildman–Crippen MR) is 122 cm³/mol. The van der Waals surface area contributed by atoms with Crippen molar-refractivity contribution in [2.45, 2.75) is 43.5 Å². The average Bonchev–Trinajstić information content (AvgIpc) is 2.77. The number of nitrogens with one attached hydrogen (secondary N) is 1. The molecule has 8 heteroatoms. The number of sulfonamides is 1. The maximum atomic E-state index is 13.3. The third kappa shape index (κ3) is 6.21. The molecule has 2 aromatic rings. The SMILES string of the molecule is COc1cccc(S(=O)(=O)NC(CCc2ccccc2Cl)C(=O)N2CCC(C)CC2)c1. The average molecular weight is 465 g/mol. The van der Waals surface area contributed by atoms with Crippen molar-refractivity contribution in [1.29, 1.82) is 0 Å². The number of ether oxygens (including phenoxy) is 1. The Kier molecular flexibility index (Phi) is 7.97. The first kappa shape index (κ1) is 23.6. The van der Waals surface area contributed by atoms with Gasteiger partial charge in [-0.1, -0.05) is 42.8 Å². The van der Waals surface area contributed by atoms with Crippen LogP contribution in [0.15, 0.2) is 53.4 Å². The minimum absolute atomic E-state index is 0.0645. The number of hydrogen-bond acceptors (Lipinski definition) is 4. The summed E-state index contributed by atoms with van der Waals surface area (Å²) in [7, 11) is -2.43. The largest absolute Gasteiger partial charge is 0.497 e. The van der Waals surface area contributed by atoms with Crippen LogP contribution in [0, 0.1) is 5.92 Å². The van der Waals surface area contributed by atoms with Crippen LogP contribution in [-0.4, -0.2) is 45.5 Å². The van der Waals surface area contributed by atoms with E-state index in [4.69, 9.17) is 16.3 Å². The Labute approximate surface area is 189 Å². The zero-order valence-electron chi connectivity index (χ0n) is 17.9. The molecule has 168 valence electrons. The van der Waals surface area contributed by atoms with Crippen molar-refractivity contribution in [3.05, 3.63) is 59.1 Å². The van der Waals surface area contributed by atoms with Crippen LogP contribution in [0.3, 0.4) is 0 Å². The van der Waals surface area contributed by atoms with Crippen LogP contribution in [0.2, 0.25) is 5.02 Å². The second kappa shape index (κ2) is 10.5. The number of benzene rings is 2. The minimum Gasteiger partial charge on any atom is -0.497 e. The molecule has 1 unspecified atom stereocenters. The fourth-order valence-electron chi connectivity index (χ4n) is 3.71. The molecule has 0 radical (unpaired) electrons. The summed E-state index contributed by atoms with van der Waals surface area (Å²) in [5.74, 6) is 0.816. The summed E-state index contributed by atoms with van der Waals surface area (Å²) < 4.78 is 33.9. The third-order valence-corrected chi connectivity index (χ3v) is 7.54. The van der Waals surface area contributed by atoms with Gasteiger partial charge in [-0.15, -0.1) is 0 Å². The zero-order chi connectivity index (χ0) is 22.4. The van der Waals surface area contributed by atoms with E-state index in [1.54, 1.807) is 23.1 Å². The lowest BCUT2D eigenvalue weighted by molar-refractivity contribution is -0.134. The quantitative estimate of drug-likeness (QED) is 0.643. The molecule has 1 atom stereocenters. The Hall–Kier alpha value is -2.09. The fourth-order valence-corrected chi connectivity index (χ4v) is 5.20. The minimum atomic E-state index is -3.91. The van der Waals surface area contributed by atoms with Crippen molar-refractivity contribution in [2.24, 2.45) is 5.92 Å². The van der Waals surface area contributed by atoms with Gasteiger partial charge in [0.15, 0.2) is 0 Å². The molecule has 3 rings (SSSR count). The molecule has 1 N–H and O–H groups in total. The van der Waals surface area contributed by atoms with Crippen molar-refractivity contribution in [1.82, 2.24) is 9.62 Å². The lowest BCUT2D eigenvalue weighted by atomic mass is 9.98. The van der Waals surface area contributed by atoms with Crippen LogP contribution in [0.5, 0.6) is 5.75 Å². The van der Waals surface area contributed by atoms with E-state index in [0.717, 1.165) is 18.4 Å². The maximum Gasteiger partial charge on any atom is 0.241 e. The molecule has 0 bridgehead atoms. The van der Waals surface area contributed by atoms with Crippen molar-refractivity contribution in [2.75, 3.05) is 20.2 Å². The maximum absolute atomic E-state index is 13.3. The Morgan fingerprint density at radius 3 is 2.58 bits per heavy atom. The molecule has 0 aliphatic carbocycles. The van der Waals surface area contributed by atoms with Gasteiger partial charge in [-0.25, -0.2) is 8.42 Å². The second-order valence-electron chi connectivity index (χ2n) is 7.99. The van der Waals surface area contributed by atoms with E-state index in [9.17, 15) is 13.2 Å². The smallest absolute Gasteiger partial charge is 0.241 e. The monoisotopic (exact) mass is 464 g/mol.